The molecule has 1 fully saturated rings. The monoisotopic (exact) mass is 234 g/mol. The molecule has 0 aromatic carbocycles. The molecule has 0 aromatic rings. The van der Waals surface area contributed by atoms with Gasteiger partial charge in [0.2, 0.25) is 5.91 Å². The van der Waals surface area contributed by atoms with E-state index in [1.165, 1.54) is 6.07 Å². The van der Waals surface area contributed by atoms with Crippen LogP contribution in [-0.2, 0) is 4.79 Å². The number of nitriles is 1. The topological polar surface area (TPSA) is 44.1 Å². The summed E-state index contributed by atoms with van der Waals surface area (Å²) in [6.45, 7) is -0.202. The molecule has 3 nitrogen and oxygen atoms in total. The summed E-state index contributed by atoms with van der Waals surface area (Å²) < 4.78 is 37.0. The van der Waals surface area contributed by atoms with Gasteiger partial charge in [-0.15, -0.1) is 0 Å². The van der Waals surface area contributed by atoms with Crippen molar-refractivity contribution in [1.29, 1.82) is 5.26 Å². The highest BCUT2D eigenvalue weighted by atomic mass is 19.4. The van der Waals surface area contributed by atoms with Crippen LogP contribution in [0.25, 0.3) is 0 Å². The van der Waals surface area contributed by atoms with Crippen LogP contribution in [0.3, 0.4) is 0 Å². The maximum Gasteiger partial charge on any atom is 0.406 e. The minimum atomic E-state index is -4.55. The van der Waals surface area contributed by atoms with Crippen molar-refractivity contribution in [3.05, 3.63) is 0 Å². The Balaban J connectivity index is 2.63. The summed E-state index contributed by atoms with van der Waals surface area (Å²) in [6.07, 6.45) is -1.98. The number of nitrogens with zero attached hydrogens (tertiary/aromatic N) is 2. The molecule has 1 aliphatic heterocycles. The van der Waals surface area contributed by atoms with E-state index in [2.05, 4.69) is 0 Å². The molecule has 1 atom stereocenters. The number of carbonyl (C=O) groups is 1. The number of hydrogen-bond donors (Lipinski definition) is 0. The van der Waals surface area contributed by atoms with Crippen molar-refractivity contribution in [2.75, 3.05) is 13.1 Å². The summed E-state index contributed by atoms with van der Waals surface area (Å²) in [5, 5.41) is 8.44. The quantitative estimate of drug-likeness (QED) is 0.734. The Bertz CT molecular complexity index is 295. The van der Waals surface area contributed by atoms with Gasteiger partial charge >= 0.3 is 6.18 Å². The number of halogens is 3. The third-order valence-electron chi connectivity index (χ3n) is 2.63. The smallest absolute Gasteiger partial charge is 0.341 e. The highest BCUT2D eigenvalue weighted by molar-refractivity contribution is 5.76. The molecule has 0 spiro atoms. The highest BCUT2D eigenvalue weighted by Gasteiger charge is 2.41. The van der Waals surface area contributed by atoms with Crippen molar-refractivity contribution in [2.24, 2.45) is 5.92 Å². The van der Waals surface area contributed by atoms with E-state index in [0.29, 0.717) is 13.0 Å². The van der Waals surface area contributed by atoms with E-state index in [1.807, 2.05) is 0 Å². The first-order valence-corrected chi connectivity index (χ1v) is 5.19. The molecular formula is C10H13F3N2O. The molecule has 1 amide bonds. The van der Waals surface area contributed by atoms with Crippen LogP contribution in [0.1, 0.15) is 25.7 Å². The van der Waals surface area contributed by atoms with E-state index in [0.717, 1.165) is 17.7 Å². The third kappa shape index (κ3) is 3.40. The summed E-state index contributed by atoms with van der Waals surface area (Å²) in [5.41, 5.74) is 0. The number of rotatable bonds is 2. The molecule has 16 heavy (non-hydrogen) atoms. The molecule has 1 heterocycles. The largest absolute Gasteiger partial charge is 0.406 e. The van der Waals surface area contributed by atoms with Crippen molar-refractivity contribution in [3.63, 3.8) is 0 Å². The van der Waals surface area contributed by atoms with Gasteiger partial charge in [0.1, 0.15) is 0 Å². The first-order chi connectivity index (χ1) is 7.45. The number of hydrogen-bond acceptors (Lipinski definition) is 2. The number of amides is 1. The minimum Gasteiger partial charge on any atom is -0.341 e. The second kappa shape index (κ2) is 5.19. The molecule has 0 aliphatic carbocycles. The van der Waals surface area contributed by atoms with Crippen LogP contribution in [0.5, 0.6) is 0 Å². The van der Waals surface area contributed by atoms with Gasteiger partial charge in [-0.3, -0.25) is 4.79 Å². The van der Waals surface area contributed by atoms with Crippen LogP contribution in [0.15, 0.2) is 0 Å². The molecule has 1 saturated heterocycles. The predicted molar refractivity (Wildman–Crippen MR) is 50.2 cm³/mol. The lowest BCUT2D eigenvalue weighted by Gasteiger charge is -2.24. The fourth-order valence-corrected chi connectivity index (χ4v) is 1.67. The maximum atomic E-state index is 12.3. The molecule has 90 valence electrons. The van der Waals surface area contributed by atoms with E-state index >= 15 is 0 Å². The van der Waals surface area contributed by atoms with Crippen molar-refractivity contribution < 1.29 is 18.0 Å². The zero-order chi connectivity index (χ0) is 12.2. The molecule has 0 aromatic heterocycles. The average molecular weight is 234 g/mol. The lowest BCUT2D eigenvalue weighted by atomic mass is 10.1. The van der Waals surface area contributed by atoms with Gasteiger partial charge in [-0.25, -0.2) is 0 Å². The molecule has 0 radical (unpaired) electrons. The van der Waals surface area contributed by atoms with Gasteiger partial charge in [0.05, 0.1) is 6.07 Å². The lowest BCUT2D eigenvalue weighted by Crippen LogP contribution is -2.39. The minimum absolute atomic E-state index is 0.276. The summed E-state index contributed by atoms with van der Waals surface area (Å²) in [7, 11) is 0. The van der Waals surface area contributed by atoms with Crippen LogP contribution < -0.4 is 0 Å². The van der Waals surface area contributed by atoms with Crippen LogP contribution in [0.2, 0.25) is 0 Å². The Morgan fingerprint density at radius 3 is 2.62 bits per heavy atom. The van der Waals surface area contributed by atoms with Gasteiger partial charge in [-0.1, -0.05) is 6.42 Å². The third-order valence-corrected chi connectivity index (χ3v) is 2.63. The number of carbonyl (C=O) groups excluding carboxylic acids is 1. The molecule has 0 N–H and O–H groups in total. The van der Waals surface area contributed by atoms with Gasteiger partial charge in [-0.05, 0) is 12.8 Å². The van der Waals surface area contributed by atoms with E-state index in [4.69, 9.17) is 5.26 Å². The highest BCUT2D eigenvalue weighted by Crippen LogP contribution is 2.27. The Morgan fingerprint density at radius 1 is 1.38 bits per heavy atom. The number of alkyl halides is 3. The standard InChI is InChI=1S/C10H13F3N2O/c11-10(12,13)8(6-14)7-15-5-3-1-2-4-9(15)16/h8H,1-5,7H2. The fraction of sp³-hybridized carbons (Fsp3) is 0.800. The summed E-state index contributed by atoms with van der Waals surface area (Å²) in [5.74, 6) is -2.35. The Labute approximate surface area is 91.8 Å². The zero-order valence-corrected chi connectivity index (χ0v) is 8.76. The Morgan fingerprint density at radius 2 is 2.06 bits per heavy atom. The van der Waals surface area contributed by atoms with Crippen molar-refractivity contribution >= 4 is 5.91 Å². The summed E-state index contributed by atoms with van der Waals surface area (Å²) in [6, 6.07) is 1.21. The molecule has 6 heteroatoms. The van der Waals surface area contributed by atoms with Crippen LogP contribution >= 0.6 is 0 Å². The first kappa shape index (κ1) is 12.8. The van der Waals surface area contributed by atoms with Gasteiger partial charge in [0, 0.05) is 19.5 Å². The molecule has 0 saturated carbocycles. The SMILES string of the molecule is N#CC(CN1CCCCCC1=O)C(F)(F)F. The van der Waals surface area contributed by atoms with Crippen molar-refractivity contribution in [2.45, 2.75) is 31.9 Å². The van der Waals surface area contributed by atoms with Crippen LogP contribution in [0.4, 0.5) is 13.2 Å². The summed E-state index contributed by atoms with van der Waals surface area (Å²) >= 11 is 0. The number of likely N-dealkylation sites (tertiary alicyclic amines) is 1. The molecular weight excluding hydrogens is 221 g/mol. The second-order valence-corrected chi connectivity index (χ2v) is 3.87. The maximum absolute atomic E-state index is 12.3. The van der Waals surface area contributed by atoms with E-state index < -0.39 is 18.6 Å². The van der Waals surface area contributed by atoms with E-state index in [-0.39, 0.29) is 12.3 Å². The van der Waals surface area contributed by atoms with E-state index in [1.54, 1.807) is 0 Å². The van der Waals surface area contributed by atoms with Crippen molar-refractivity contribution in [3.8, 4) is 6.07 Å². The molecule has 0 bridgehead atoms. The zero-order valence-electron chi connectivity index (χ0n) is 8.76. The van der Waals surface area contributed by atoms with Crippen molar-refractivity contribution in [1.82, 2.24) is 4.90 Å². The van der Waals surface area contributed by atoms with Crippen LogP contribution in [0, 0.1) is 17.2 Å². The first-order valence-electron chi connectivity index (χ1n) is 5.19. The molecule has 1 unspecified atom stereocenters. The van der Waals surface area contributed by atoms with Gasteiger partial charge in [0.25, 0.3) is 0 Å². The van der Waals surface area contributed by atoms with Gasteiger partial charge in [0.15, 0.2) is 5.92 Å². The van der Waals surface area contributed by atoms with Gasteiger partial charge < -0.3 is 4.90 Å². The normalized spacial score (nSPS) is 20.1. The predicted octanol–water partition coefficient (Wildman–Crippen LogP) is 2.09. The fourth-order valence-electron chi connectivity index (χ4n) is 1.67. The van der Waals surface area contributed by atoms with Crippen LogP contribution in [-0.4, -0.2) is 30.1 Å². The van der Waals surface area contributed by atoms with Gasteiger partial charge in [-0.2, -0.15) is 18.4 Å². The lowest BCUT2D eigenvalue weighted by molar-refractivity contribution is -0.165. The molecule has 1 rings (SSSR count). The van der Waals surface area contributed by atoms with E-state index in [9.17, 15) is 18.0 Å². The second-order valence-electron chi connectivity index (χ2n) is 3.87. The summed E-state index contributed by atoms with van der Waals surface area (Å²) in [4.78, 5) is 12.6. The average Bonchev–Trinajstić information content (AvgIpc) is 2.38. The molecule has 1 aliphatic rings. The Kier molecular flexibility index (Phi) is 4.16. The Hall–Kier alpha value is -1.25.